The lowest BCUT2D eigenvalue weighted by Crippen LogP contribution is -2.45. The highest BCUT2D eigenvalue weighted by Crippen LogP contribution is 2.41. The molecule has 2 saturated heterocycles. The van der Waals surface area contributed by atoms with Crippen LogP contribution < -0.4 is 5.46 Å². The van der Waals surface area contributed by atoms with E-state index in [0.717, 1.165) is 36.7 Å². The summed E-state index contributed by atoms with van der Waals surface area (Å²) in [6, 6.07) is 13.7. The Morgan fingerprint density at radius 2 is 1.39 bits per heavy atom. The van der Waals surface area contributed by atoms with Gasteiger partial charge in [-0.25, -0.2) is 0 Å². The van der Waals surface area contributed by atoms with Gasteiger partial charge < -0.3 is 18.5 Å². The summed E-state index contributed by atoms with van der Waals surface area (Å²) in [4.78, 5) is 0. The summed E-state index contributed by atoms with van der Waals surface area (Å²) in [5.41, 5.74) is 6.08. The molecule has 222 valence electrons. The highest BCUT2D eigenvalue weighted by molar-refractivity contribution is 6.69. The third-order valence-electron chi connectivity index (χ3n) is 9.54. The van der Waals surface area contributed by atoms with Crippen LogP contribution in [0.5, 0.6) is 0 Å². The summed E-state index contributed by atoms with van der Waals surface area (Å²) in [6.45, 7) is 25.5. The topological polar surface area (TPSA) is 36.9 Å². The van der Waals surface area contributed by atoms with Gasteiger partial charge in [0, 0.05) is 23.8 Å². The number of aryl methyl sites for hydroxylation is 2. The molecule has 41 heavy (non-hydrogen) atoms. The zero-order valence-electron chi connectivity index (χ0n) is 27.4. The Labute approximate surface area is 251 Å². The van der Waals surface area contributed by atoms with E-state index in [0.29, 0.717) is 13.2 Å². The van der Waals surface area contributed by atoms with Crippen molar-refractivity contribution in [3.63, 3.8) is 0 Å². The first-order chi connectivity index (χ1) is 19.1. The maximum atomic E-state index is 6.65. The largest absolute Gasteiger partial charge is 0.495 e. The van der Waals surface area contributed by atoms with Crippen molar-refractivity contribution in [3.8, 4) is 11.8 Å². The Morgan fingerprint density at radius 1 is 0.854 bits per heavy atom. The van der Waals surface area contributed by atoms with Gasteiger partial charge in [-0.05, 0) is 102 Å². The van der Waals surface area contributed by atoms with Crippen LogP contribution in [0.25, 0.3) is 0 Å². The molecule has 2 aromatic carbocycles. The predicted octanol–water partition coefficient (Wildman–Crippen LogP) is 7.46. The van der Waals surface area contributed by atoms with Crippen LogP contribution in [0.3, 0.4) is 0 Å². The monoisotopic (exact) mass is 574 g/mol. The van der Waals surface area contributed by atoms with Gasteiger partial charge in [0.05, 0.1) is 24.4 Å². The molecule has 2 heterocycles. The zero-order valence-corrected chi connectivity index (χ0v) is 28.4. The van der Waals surface area contributed by atoms with E-state index < -0.39 is 13.9 Å². The molecule has 0 atom stereocenters. The molecule has 0 saturated carbocycles. The Balaban J connectivity index is 1.65. The summed E-state index contributed by atoms with van der Waals surface area (Å²) in [5, 5.41) is 0. The molecule has 2 aliphatic heterocycles. The third kappa shape index (κ3) is 6.55. The summed E-state index contributed by atoms with van der Waals surface area (Å²) >= 11 is 0. The summed E-state index contributed by atoms with van der Waals surface area (Å²) in [5.74, 6) is 7.10. The van der Waals surface area contributed by atoms with Gasteiger partial charge in [0.15, 0.2) is 8.32 Å². The molecule has 4 rings (SSSR count). The minimum atomic E-state index is -1.76. The van der Waals surface area contributed by atoms with Crippen molar-refractivity contribution in [1.29, 1.82) is 0 Å². The van der Waals surface area contributed by atoms with Crippen LogP contribution in [0.15, 0.2) is 36.4 Å². The lowest BCUT2D eigenvalue weighted by Gasteiger charge is -2.38. The van der Waals surface area contributed by atoms with Gasteiger partial charge >= 0.3 is 7.12 Å². The van der Waals surface area contributed by atoms with Crippen molar-refractivity contribution in [3.05, 3.63) is 64.2 Å². The molecule has 6 heteroatoms. The van der Waals surface area contributed by atoms with Crippen molar-refractivity contribution in [2.24, 2.45) is 0 Å². The predicted molar refractivity (Wildman–Crippen MR) is 174 cm³/mol. The Hall–Kier alpha value is -1.88. The van der Waals surface area contributed by atoms with E-state index in [1.165, 1.54) is 22.3 Å². The molecule has 0 N–H and O–H groups in total. The van der Waals surface area contributed by atoms with Crippen LogP contribution in [0, 0.1) is 25.7 Å². The van der Waals surface area contributed by atoms with E-state index in [-0.39, 0.29) is 23.7 Å². The number of hydrogen-bond donors (Lipinski definition) is 0. The van der Waals surface area contributed by atoms with Gasteiger partial charge in [0.1, 0.15) is 5.60 Å². The second kappa shape index (κ2) is 11.7. The fourth-order valence-corrected chi connectivity index (χ4v) is 7.69. The standard InChI is InChI=1S/C35H51BO4Si/c1-12-35(13-2,30-16-17-31(27(4)25-30)36-38-32(5,6)33(7,8)39-36)29-15-14-28(26(3)24-29)18-19-34(40-41(9,10)11)20-22-37-23-21-34/h14-17,24-25H,12-13,20-23H2,1-11H3. The minimum absolute atomic E-state index is 0.0845. The van der Waals surface area contributed by atoms with Crippen LogP contribution in [-0.4, -0.2) is 45.5 Å². The Kier molecular flexibility index (Phi) is 9.11. The second-order valence-corrected chi connectivity index (χ2v) is 18.5. The molecule has 0 spiro atoms. The molecule has 2 aliphatic rings. The van der Waals surface area contributed by atoms with E-state index in [1.54, 1.807) is 0 Å². The molecular formula is C35H51BO4Si. The van der Waals surface area contributed by atoms with Gasteiger partial charge in [-0.15, -0.1) is 0 Å². The molecule has 0 aliphatic carbocycles. The maximum Gasteiger partial charge on any atom is 0.495 e. The van der Waals surface area contributed by atoms with E-state index in [2.05, 4.69) is 123 Å². The van der Waals surface area contributed by atoms with Crippen molar-refractivity contribution in [2.75, 3.05) is 13.2 Å². The third-order valence-corrected chi connectivity index (χ3v) is 10.5. The van der Waals surface area contributed by atoms with E-state index >= 15 is 0 Å². The molecule has 0 bridgehead atoms. The average molecular weight is 575 g/mol. The smallest absolute Gasteiger partial charge is 0.401 e. The van der Waals surface area contributed by atoms with Crippen molar-refractivity contribution in [2.45, 2.75) is 123 Å². The van der Waals surface area contributed by atoms with Gasteiger partial charge in [0.2, 0.25) is 0 Å². The van der Waals surface area contributed by atoms with Crippen LogP contribution in [-0.2, 0) is 23.9 Å². The van der Waals surface area contributed by atoms with Crippen LogP contribution in [0.2, 0.25) is 19.6 Å². The van der Waals surface area contributed by atoms with Crippen molar-refractivity contribution < 1.29 is 18.5 Å². The molecule has 2 fully saturated rings. The number of hydrogen-bond acceptors (Lipinski definition) is 4. The Bertz CT molecular complexity index is 1290. The fraction of sp³-hybridized carbons (Fsp3) is 0.600. The first-order valence-electron chi connectivity index (χ1n) is 15.5. The first kappa shape index (κ1) is 32.0. The minimum Gasteiger partial charge on any atom is -0.401 e. The molecule has 2 aromatic rings. The lowest BCUT2D eigenvalue weighted by molar-refractivity contribution is -0.0154. The molecule has 0 amide bonds. The molecule has 4 nitrogen and oxygen atoms in total. The molecule has 0 radical (unpaired) electrons. The van der Waals surface area contributed by atoms with E-state index in [4.69, 9.17) is 18.5 Å². The second-order valence-electron chi connectivity index (χ2n) is 14.0. The molecule has 0 aromatic heterocycles. The van der Waals surface area contributed by atoms with Gasteiger partial charge in [0.25, 0.3) is 0 Å². The van der Waals surface area contributed by atoms with Gasteiger partial charge in [-0.2, -0.15) is 0 Å². The SMILES string of the molecule is CCC(CC)(c1ccc(C#CC2(O[Si](C)(C)C)CCOCC2)c(C)c1)c1ccc(B2OC(C)(C)C(C)(C)O2)c(C)c1. The normalized spacial score (nSPS) is 20.0. The summed E-state index contributed by atoms with van der Waals surface area (Å²) in [6.07, 6.45) is 3.68. The summed E-state index contributed by atoms with van der Waals surface area (Å²) < 4.78 is 25.0. The quantitative estimate of drug-likeness (QED) is 0.254. The number of benzene rings is 2. The fourth-order valence-electron chi connectivity index (χ4n) is 6.26. The molecule has 0 unspecified atom stereocenters. The summed E-state index contributed by atoms with van der Waals surface area (Å²) in [7, 11) is -2.11. The van der Waals surface area contributed by atoms with Crippen molar-refractivity contribution in [1.82, 2.24) is 0 Å². The Morgan fingerprint density at radius 3 is 1.88 bits per heavy atom. The van der Waals surface area contributed by atoms with Crippen LogP contribution >= 0.6 is 0 Å². The maximum absolute atomic E-state index is 6.65. The van der Waals surface area contributed by atoms with E-state index in [9.17, 15) is 0 Å². The first-order valence-corrected chi connectivity index (χ1v) is 18.9. The highest BCUT2D eigenvalue weighted by atomic mass is 28.4. The van der Waals surface area contributed by atoms with Crippen LogP contribution in [0.1, 0.15) is 95.0 Å². The molecular weight excluding hydrogens is 523 g/mol. The number of ether oxygens (including phenoxy) is 1. The lowest BCUT2D eigenvalue weighted by atomic mass is 9.68. The van der Waals surface area contributed by atoms with Gasteiger partial charge in [-0.1, -0.05) is 61.6 Å². The highest BCUT2D eigenvalue weighted by Gasteiger charge is 2.52. The van der Waals surface area contributed by atoms with Gasteiger partial charge in [-0.3, -0.25) is 0 Å². The average Bonchev–Trinajstić information content (AvgIpc) is 3.10. The zero-order chi connectivity index (χ0) is 30.3. The number of rotatable bonds is 7. The van der Waals surface area contributed by atoms with Crippen LogP contribution in [0.4, 0.5) is 0 Å². The van der Waals surface area contributed by atoms with E-state index in [1.807, 2.05) is 0 Å². The van der Waals surface area contributed by atoms with Crippen molar-refractivity contribution >= 4 is 20.9 Å².